The van der Waals surface area contributed by atoms with E-state index >= 15 is 0 Å². The number of hydrogen-bond acceptors (Lipinski definition) is 3. The molecule has 0 amide bonds. The van der Waals surface area contributed by atoms with Crippen molar-refractivity contribution in [1.29, 1.82) is 5.26 Å². The highest BCUT2D eigenvalue weighted by molar-refractivity contribution is 8.04. The van der Waals surface area contributed by atoms with Crippen LogP contribution in [0.15, 0.2) is 24.3 Å². The number of thioether (sulfide) groups is 1. The van der Waals surface area contributed by atoms with Gasteiger partial charge in [0, 0.05) is 5.56 Å². The second-order valence-corrected chi connectivity index (χ2v) is 3.85. The number of thiocyanates is 1. The molecular weight excluding hydrogens is 201 g/mol. The average molecular weight is 209 g/mol. The molecule has 0 saturated heterocycles. The van der Waals surface area contributed by atoms with E-state index in [-0.39, 0.29) is 5.78 Å². The van der Waals surface area contributed by atoms with Gasteiger partial charge in [-0.15, -0.1) is 0 Å². The molecule has 0 fully saturated rings. The number of halogens is 1. The van der Waals surface area contributed by atoms with Gasteiger partial charge < -0.3 is 0 Å². The van der Waals surface area contributed by atoms with Crippen LogP contribution in [-0.4, -0.2) is 11.0 Å². The van der Waals surface area contributed by atoms with Crippen molar-refractivity contribution in [2.24, 2.45) is 0 Å². The molecule has 1 unspecified atom stereocenters. The van der Waals surface area contributed by atoms with Gasteiger partial charge in [0.1, 0.15) is 11.2 Å². The number of carbonyl (C=O) groups is 1. The largest absolute Gasteiger partial charge is 0.293 e. The van der Waals surface area contributed by atoms with Gasteiger partial charge >= 0.3 is 0 Å². The van der Waals surface area contributed by atoms with Crippen LogP contribution in [0.3, 0.4) is 0 Å². The number of ketones is 1. The number of rotatable bonds is 3. The van der Waals surface area contributed by atoms with Gasteiger partial charge in [0.2, 0.25) is 0 Å². The number of Topliss-reactive ketones (excluding diaryl/α,β-unsaturated/α-hetero) is 1. The van der Waals surface area contributed by atoms with Crippen molar-refractivity contribution in [1.82, 2.24) is 0 Å². The Balaban J connectivity index is 2.85. The van der Waals surface area contributed by atoms with Crippen molar-refractivity contribution < 1.29 is 9.18 Å². The summed E-state index contributed by atoms with van der Waals surface area (Å²) in [6.45, 7) is 1.63. The lowest BCUT2D eigenvalue weighted by atomic mass is 10.1. The molecule has 0 heterocycles. The minimum atomic E-state index is -0.457. The van der Waals surface area contributed by atoms with E-state index in [0.717, 1.165) is 11.8 Å². The molecule has 4 heteroatoms. The van der Waals surface area contributed by atoms with Crippen molar-refractivity contribution in [3.8, 4) is 5.40 Å². The molecule has 0 spiro atoms. The Morgan fingerprint density at radius 3 is 2.93 bits per heavy atom. The third kappa shape index (κ3) is 2.57. The Hall–Kier alpha value is -1.34. The van der Waals surface area contributed by atoms with Crippen molar-refractivity contribution in [2.45, 2.75) is 12.2 Å². The van der Waals surface area contributed by atoms with Gasteiger partial charge in [0.05, 0.1) is 5.25 Å². The third-order valence-corrected chi connectivity index (χ3v) is 2.38. The summed E-state index contributed by atoms with van der Waals surface area (Å²) >= 11 is 0.874. The normalized spacial score (nSPS) is 11.8. The van der Waals surface area contributed by atoms with E-state index in [2.05, 4.69) is 0 Å². The quantitative estimate of drug-likeness (QED) is 0.567. The van der Waals surface area contributed by atoms with Crippen molar-refractivity contribution in [3.63, 3.8) is 0 Å². The first-order chi connectivity index (χ1) is 6.65. The first kappa shape index (κ1) is 10.7. The zero-order valence-corrected chi connectivity index (χ0v) is 8.34. The van der Waals surface area contributed by atoms with Crippen molar-refractivity contribution in [2.75, 3.05) is 0 Å². The molecule has 0 aliphatic carbocycles. The summed E-state index contributed by atoms with van der Waals surface area (Å²) in [5, 5.41) is 9.75. The highest BCUT2D eigenvalue weighted by Gasteiger charge is 2.15. The zero-order chi connectivity index (χ0) is 10.6. The Morgan fingerprint density at radius 2 is 2.36 bits per heavy atom. The summed E-state index contributed by atoms with van der Waals surface area (Å²) in [5.41, 5.74) is 0.306. The fourth-order valence-corrected chi connectivity index (χ4v) is 1.41. The van der Waals surface area contributed by atoms with E-state index in [0.29, 0.717) is 5.56 Å². The molecule has 0 aliphatic heterocycles. The molecule has 1 atom stereocenters. The van der Waals surface area contributed by atoms with Gasteiger partial charge in [0.15, 0.2) is 5.78 Å². The SMILES string of the molecule is CC(SC#N)C(=O)c1cccc(F)c1. The molecule has 0 aliphatic rings. The summed E-state index contributed by atoms with van der Waals surface area (Å²) in [5.74, 6) is -0.666. The molecule has 1 aromatic rings. The van der Waals surface area contributed by atoms with E-state index < -0.39 is 11.1 Å². The second-order valence-electron chi connectivity index (χ2n) is 2.73. The minimum absolute atomic E-state index is 0.226. The lowest BCUT2D eigenvalue weighted by Crippen LogP contribution is -2.12. The Kier molecular flexibility index (Phi) is 3.66. The molecule has 0 saturated carbocycles. The highest BCUT2D eigenvalue weighted by Crippen LogP contribution is 2.15. The van der Waals surface area contributed by atoms with Gasteiger partial charge in [-0.3, -0.25) is 4.79 Å². The molecule has 14 heavy (non-hydrogen) atoms. The van der Waals surface area contributed by atoms with E-state index in [1.807, 2.05) is 5.40 Å². The van der Waals surface area contributed by atoms with Crippen molar-refractivity contribution in [3.05, 3.63) is 35.6 Å². The topological polar surface area (TPSA) is 40.9 Å². The predicted molar refractivity (Wildman–Crippen MR) is 53.4 cm³/mol. The first-order valence-corrected chi connectivity index (χ1v) is 4.87. The fraction of sp³-hybridized carbons (Fsp3) is 0.200. The maximum atomic E-state index is 12.8. The van der Waals surface area contributed by atoms with E-state index in [1.54, 1.807) is 13.0 Å². The van der Waals surface area contributed by atoms with Crippen LogP contribution >= 0.6 is 11.8 Å². The van der Waals surface area contributed by atoms with Gasteiger partial charge in [-0.05, 0) is 30.8 Å². The summed E-state index contributed by atoms with van der Waals surface area (Å²) in [6.07, 6.45) is 0. The first-order valence-electron chi connectivity index (χ1n) is 3.99. The van der Waals surface area contributed by atoms with E-state index in [9.17, 15) is 9.18 Å². The summed E-state index contributed by atoms with van der Waals surface area (Å²) in [6, 6.07) is 5.47. The number of nitriles is 1. The predicted octanol–water partition coefficient (Wildman–Crippen LogP) is 2.61. The van der Waals surface area contributed by atoms with Crippen LogP contribution < -0.4 is 0 Å². The fourth-order valence-electron chi connectivity index (χ4n) is 1.01. The molecule has 0 aromatic heterocycles. The lowest BCUT2D eigenvalue weighted by Gasteiger charge is -2.04. The van der Waals surface area contributed by atoms with Crippen LogP contribution in [0.2, 0.25) is 0 Å². The van der Waals surface area contributed by atoms with Gasteiger partial charge in [0.25, 0.3) is 0 Å². The minimum Gasteiger partial charge on any atom is -0.293 e. The highest BCUT2D eigenvalue weighted by atomic mass is 32.2. The lowest BCUT2D eigenvalue weighted by molar-refractivity contribution is 0.0994. The molecule has 0 radical (unpaired) electrons. The van der Waals surface area contributed by atoms with E-state index in [1.165, 1.54) is 18.2 Å². The number of nitrogens with zero attached hydrogens (tertiary/aromatic N) is 1. The maximum Gasteiger partial charge on any atom is 0.176 e. The van der Waals surface area contributed by atoms with Crippen LogP contribution in [0.1, 0.15) is 17.3 Å². The molecule has 0 bridgehead atoms. The number of carbonyl (C=O) groups excluding carboxylic acids is 1. The second kappa shape index (κ2) is 4.77. The Labute approximate surface area is 85.7 Å². The number of benzene rings is 1. The van der Waals surface area contributed by atoms with Gasteiger partial charge in [-0.25, -0.2) is 4.39 Å². The molecule has 0 N–H and O–H groups in total. The average Bonchev–Trinajstić information content (AvgIpc) is 2.17. The molecular formula is C10H8FNOS. The van der Waals surface area contributed by atoms with Crippen LogP contribution in [-0.2, 0) is 0 Å². The van der Waals surface area contributed by atoms with Crippen LogP contribution in [0, 0.1) is 16.5 Å². The summed E-state index contributed by atoms with van der Waals surface area (Å²) in [7, 11) is 0. The number of hydrogen-bond donors (Lipinski definition) is 0. The standard InChI is InChI=1S/C10H8FNOS/c1-7(14-6-12)10(13)8-3-2-4-9(11)5-8/h2-5,7H,1H3. The van der Waals surface area contributed by atoms with Crippen LogP contribution in [0.5, 0.6) is 0 Å². The monoisotopic (exact) mass is 209 g/mol. The summed E-state index contributed by atoms with van der Waals surface area (Å²) in [4.78, 5) is 11.5. The molecule has 1 aromatic carbocycles. The third-order valence-electron chi connectivity index (χ3n) is 1.71. The van der Waals surface area contributed by atoms with Gasteiger partial charge in [-0.2, -0.15) is 5.26 Å². The molecule has 1 rings (SSSR count). The maximum absolute atomic E-state index is 12.8. The Morgan fingerprint density at radius 1 is 1.64 bits per heavy atom. The molecule has 2 nitrogen and oxygen atoms in total. The van der Waals surface area contributed by atoms with Crippen molar-refractivity contribution >= 4 is 17.5 Å². The van der Waals surface area contributed by atoms with E-state index in [4.69, 9.17) is 5.26 Å². The zero-order valence-electron chi connectivity index (χ0n) is 7.53. The Bertz CT molecular complexity index is 386. The van der Waals surface area contributed by atoms with Crippen LogP contribution in [0.25, 0.3) is 0 Å². The summed E-state index contributed by atoms with van der Waals surface area (Å²) < 4.78 is 12.8. The van der Waals surface area contributed by atoms with Gasteiger partial charge in [-0.1, -0.05) is 12.1 Å². The molecule has 72 valence electrons. The smallest absolute Gasteiger partial charge is 0.176 e. The van der Waals surface area contributed by atoms with Crippen LogP contribution in [0.4, 0.5) is 4.39 Å².